The average molecular weight is 258 g/mol. The average Bonchev–Trinajstić information content (AvgIpc) is 2.84. The maximum atomic E-state index is 11.0. The van der Waals surface area contributed by atoms with Gasteiger partial charge in [0.2, 0.25) is 0 Å². The second-order valence-electron chi connectivity index (χ2n) is 4.47. The maximum absolute atomic E-state index is 11.0. The van der Waals surface area contributed by atoms with Gasteiger partial charge < -0.3 is 4.74 Å². The molecule has 0 amide bonds. The van der Waals surface area contributed by atoms with Crippen molar-refractivity contribution in [1.82, 2.24) is 9.78 Å². The standard InChI is InChI=1S/C15H18N2O2/c1-3-10-19-14-6-4-13(5-7-14)15-8-9-17(16-15)11-12(2)18/h4-9H,3,10-11H2,1-2H3. The zero-order valence-corrected chi connectivity index (χ0v) is 11.3. The van der Waals surface area contributed by atoms with E-state index in [2.05, 4.69) is 12.0 Å². The molecule has 0 saturated heterocycles. The van der Waals surface area contributed by atoms with E-state index in [9.17, 15) is 4.79 Å². The summed E-state index contributed by atoms with van der Waals surface area (Å²) in [5.41, 5.74) is 1.88. The molecule has 0 unspecified atom stereocenters. The number of aromatic nitrogens is 2. The second-order valence-corrected chi connectivity index (χ2v) is 4.47. The molecule has 0 saturated carbocycles. The largest absolute Gasteiger partial charge is 0.494 e. The Morgan fingerprint density at radius 1 is 1.26 bits per heavy atom. The van der Waals surface area contributed by atoms with Gasteiger partial charge in [-0.2, -0.15) is 5.10 Å². The molecule has 0 atom stereocenters. The van der Waals surface area contributed by atoms with Gasteiger partial charge in [0.25, 0.3) is 0 Å². The van der Waals surface area contributed by atoms with Gasteiger partial charge in [-0.25, -0.2) is 0 Å². The summed E-state index contributed by atoms with van der Waals surface area (Å²) in [4.78, 5) is 11.0. The van der Waals surface area contributed by atoms with Crippen molar-refractivity contribution in [2.75, 3.05) is 6.61 Å². The van der Waals surface area contributed by atoms with Crippen LogP contribution in [0.2, 0.25) is 0 Å². The van der Waals surface area contributed by atoms with E-state index in [0.717, 1.165) is 30.0 Å². The Balaban J connectivity index is 2.09. The van der Waals surface area contributed by atoms with Crippen LogP contribution in [0.5, 0.6) is 5.75 Å². The molecule has 4 nitrogen and oxygen atoms in total. The number of Topliss-reactive ketones (excluding diaryl/α,β-unsaturated/α-hetero) is 1. The highest BCUT2D eigenvalue weighted by Gasteiger charge is 2.04. The third-order valence-electron chi connectivity index (χ3n) is 2.65. The van der Waals surface area contributed by atoms with Crippen LogP contribution in [0.1, 0.15) is 20.3 Å². The lowest BCUT2D eigenvalue weighted by Gasteiger charge is -2.04. The lowest BCUT2D eigenvalue weighted by Crippen LogP contribution is -2.06. The van der Waals surface area contributed by atoms with Crippen LogP contribution in [0.15, 0.2) is 36.5 Å². The van der Waals surface area contributed by atoms with Gasteiger partial charge in [-0.05, 0) is 43.7 Å². The van der Waals surface area contributed by atoms with Crippen molar-refractivity contribution in [1.29, 1.82) is 0 Å². The van der Waals surface area contributed by atoms with Crippen LogP contribution in [0.4, 0.5) is 0 Å². The van der Waals surface area contributed by atoms with Crippen molar-refractivity contribution in [3.63, 3.8) is 0 Å². The van der Waals surface area contributed by atoms with E-state index in [1.54, 1.807) is 11.6 Å². The number of hydrogen-bond donors (Lipinski definition) is 0. The molecule has 1 aromatic carbocycles. The van der Waals surface area contributed by atoms with Gasteiger partial charge in [0.05, 0.1) is 18.8 Å². The summed E-state index contributed by atoms with van der Waals surface area (Å²) in [6.07, 6.45) is 2.81. The van der Waals surface area contributed by atoms with Crippen LogP contribution in [-0.4, -0.2) is 22.2 Å². The van der Waals surface area contributed by atoms with Crippen molar-refractivity contribution < 1.29 is 9.53 Å². The summed E-state index contributed by atoms with van der Waals surface area (Å²) < 4.78 is 7.19. The normalized spacial score (nSPS) is 10.4. The van der Waals surface area contributed by atoms with E-state index < -0.39 is 0 Å². The van der Waals surface area contributed by atoms with Crippen molar-refractivity contribution in [3.8, 4) is 17.0 Å². The maximum Gasteiger partial charge on any atom is 0.151 e. The fourth-order valence-electron chi connectivity index (χ4n) is 1.77. The molecule has 1 aromatic heterocycles. The minimum Gasteiger partial charge on any atom is -0.494 e. The number of hydrogen-bond acceptors (Lipinski definition) is 3. The lowest BCUT2D eigenvalue weighted by molar-refractivity contribution is -0.117. The minimum atomic E-state index is 0.0953. The molecular weight excluding hydrogens is 240 g/mol. The van der Waals surface area contributed by atoms with Crippen molar-refractivity contribution >= 4 is 5.78 Å². The molecule has 0 aliphatic heterocycles. The summed E-state index contributed by atoms with van der Waals surface area (Å²) in [5, 5.41) is 4.37. The SMILES string of the molecule is CCCOc1ccc(-c2ccn(CC(C)=O)n2)cc1. The molecule has 100 valence electrons. The predicted molar refractivity (Wildman–Crippen MR) is 74.1 cm³/mol. The van der Waals surface area contributed by atoms with Crippen LogP contribution < -0.4 is 4.74 Å². The Morgan fingerprint density at radius 2 is 2.00 bits per heavy atom. The topological polar surface area (TPSA) is 44.1 Å². The molecule has 19 heavy (non-hydrogen) atoms. The number of benzene rings is 1. The molecule has 0 spiro atoms. The first-order chi connectivity index (χ1) is 9.19. The van der Waals surface area contributed by atoms with Crippen LogP contribution >= 0.6 is 0 Å². The molecule has 0 aliphatic carbocycles. The molecule has 0 bridgehead atoms. The van der Waals surface area contributed by atoms with E-state index >= 15 is 0 Å². The molecule has 0 radical (unpaired) electrons. The fraction of sp³-hybridized carbons (Fsp3) is 0.333. The highest BCUT2D eigenvalue weighted by atomic mass is 16.5. The summed E-state index contributed by atoms with van der Waals surface area (Å²) in [6.45, 7) is 4.68. The first-order valence-corrected chi connectivity index (χ1v) is 6.45. The summed E-state index contributed by atoms with van der Waals surface area (Å²) in [7, 11) is 0. The van der Waals surface area contributed by atoms with E-state index in [0.29, 0.717) is 6.54 Å². The van der Waals surface area contributed by atoms with Crippen molar-refractivity contribution in [2.45, 2.75) is 26.8 Å². The minimum absolute atomic E-state index is 0.0953. The van der Waals surface area contributed by atoms with E-state index in [4.69, 9.17) is 4.74 Å². The smallest absolute Gasteiger partial charge is 0.151 e. The van der Waals surface area contributed by atoms with Gasteiger partial charge >= 0.3 is 0 Å². The number of ketones is 1. The van der Waals surface area contributed by atoms with Gasteiger partial charge in [-0.15, -0.1) is 0 Å². The van der Waals surface area contributed by atoms with Crippen LogP contribution in [0.25, 0.3) is 11.3 Å². The third-order valence-corrected chi connectivity index (χ3v) is 2.65. The van der Waals surface area contributed by atoms with Crippen molar-refractivity contribution in [3.05, 3.63) is 36.5 Å². The number of ether oxygens (including phenoxy) is 1. The quantitative estimate of drug-likeness (QED) is 0.800. The zero-order valence-electron chi connectivity index (χ0n) is 11.3. The first-order valence-electron chi connectivity index (χ1n) is 6.45. The van der Waals surface area contributed by atoms with Crippen molar-refractivity contribution in [2.24, 2.45) is 0 Å². The fourth-order valence-corrected chi connectivity index (χ4v) is 1.77. The molecule has 2 aromatic rings. The Hall–Kier alpha value is -2.10. The zero-order chi connectivity index (χ0) is 13.7. The Morgan fingerprint density at radius 3 is 2.63 bits per heavy atom. The molecule has 1 heterocycles. The number of carbonyl (C=O) groups is 1. The van der Waals surface area contributed by atoms with Gasteiger partial charge in [-0.1, -0.05) is 6.92 Å². The third kappa shape index (κ3) is 3.68. The highest BCUT2D eigenvalue weighted by Crippen LogP contribution is 2.20. The molecule has 0 fully saturated rings. The van der Waals surface area contributed by atoms with Crippen LogP contribution in [0, 0.1) is 0 Å². The number of nitrogens with zero attached hydrogens (tertiary/aromatic N) is 2. The monoisotopic (exact) mass is 258 g/mol. The molecule has 0 aliphatic rings. The number of rotatable bonds is 6. The highest BCUT2D eigenvalue weighted by molar-refractivity contribution is 5.75. The van der Waals surface area contributed by atoms with Gasteiger partial charge in [-0.3, -0.25) is 9.48 Å². The van der Waals surface area contributed by atoms with Gasteiger partial charge in [0.15, 0.2) is 5.78 Å². The molecular formula is C15H18N2O2. The summed E-state index contributed by atoms with van der Waals surface area (Å²) in [5.74, 6) is 0.965. The Bertz CT molecular complexity index is 544. The molecule has 2 rings (SSSR count). The summed E-state index contributed by atoms with van der Waals surface area (Å²) >= 11 is 0. The van der Waals surface area contributed by atoms with Gasteiger partial charge in [0.1, 0.15) is 5.75 Å². The predicted octanol–water partition coefficient (Wildman–Crippen LogP) is 2.93. The molecule has 0 N–H and O–H groups in total. The van der Waals surface area contributed by atoms with E-state index in [-0.39, 0.29) is 5.78 Å². The first kappa shape index (κ1) is 13.3. The van der Waals surface area contributed by atoms with Gasteiger partial charge in [0, 0.05) is 11.8 Å². The number of carbonyl (C=O) groups excluding carboxylic acids is 1. The van der Waals surface area contributed by atoms with Crippen LogP contribution in [0.3, 0.4) is 0 Å². The molecule has 4 heteroatoms. The lowest BCUT2D eigenvalue weighted by atomic mass is 10.1. The second kappa shape index (κ2) is 6.18. The summed E-state index contributed by atoms with van der Waals surface area (Å²) in [6, 6.07) is 9.74. The van der Waals surface area contributed by atoms with E-state index in [1.165, 1.54) is 0 Å². The Kier molecular flexibility index (Phi) is 4.34. The van der Waals surface area contributed by atoms with Crippen LogP contribution in [-0.2, 0) is 11.3 Å². The Labute approximate surface area is 113 Å². The van der Waals surface area contributed by atoms with E-state index in [1.807, 2.05) is 36.5 Å².